The second kappa shape index (κ2) is 10.7. The molecule has 0 bridgehead atoms. The summed E-state index contributed by atoms with van der Waals surface area (Å²) in [5.41, 5.74) is -1.65. The van der Waals surface area contributed by atoms with Gasteiger partial charge in [-0.2, -0.15) is 8.78 Å². The van der Waals surface area contributed by atoms with E-state index in [0.717, 1.165) is 49.5 Å². The number of benzene rings is 1. The number of hydrogen-bond donors (Lipinski definition) is 2. The molecule has 2 N–H and O–H groups in total. The van der Waals surface area contributed by atoms with E-state index in [1.54, 1.807) is 0 Å². The number of alkyl halides is 2. The Labute approximate surface area is 199 Å². The zero-order valence-electron chi connectivity index (χ0n) is 19.4. The molecule has 2 saturated carbocycles. The summed E-state index contributed by atoms with van der Waals surface area (Å²) in [5, 5.41) is 11.6. The van der Waals surface area contributed by atoms with E-state index in [4.69, 9.17) is 5.11 Å². The van der Waals surface area contributed by atoms with Crippen molar-refractivity contribution in [1.29, 1.82) is 0 Å². The van der Waals surface area contributed by atoms with Gasteiger partial charge in [0.15, 0.2) is 11.6 Å². The molecule has 2 fully saturated rings. The number of ether oxygens (including phenoxy) is 1. The van der Waals surface area contributed by atoms with Crippen molar-refractivity contribution in [3.8, 4) is 5.75 Å². The number of halogens is 3. The number of carboxylic acid groups (broad SMARTS) is 1. The van der Waals surface area contributed by atoms with E-state index in [2.05, 4.69) is 10.1 Å². The zero-order valence-corrected chi connectivity index (χ0v) is 19.4. The predicted molar refractivity (Wildman–Crippen MR) is 124 cm³/mol. The third-order valence-electron chi connectivity index (χ3n) is 6.99. The van der Waals surface area contributed by atoms with Crippen LogP contribution in [-0.2, 0) is 11.3 Å². The number of fused-ring (bicyclic) bond motifs is 1. The highest BCUT2D eigenvalue weighted by molar-refractivity contribution is 5.89. The number of hydrogen-bond acceptors (Lipinski definition) is 5. The third-order valence-corrected chi connectivity index (χ3v) is 6.99. The molecule has 11 heteroatoms. The lowest BCUT2D eigenvalue weighted by Crippen LogP contribution is -2.41. The summed E-state index contributed by atoms with van der Waals surface area (Å²) >= 11 is 0. The quantitative estimate of drug-likeness (QED) is 0.524. The molecular weight excluding hydrogens is 467 g/mol. The molecule has 35 heavy (non-hydrogen) atoms. The molecule has 0 saturated heterocycles. The average molecular weight is 498 g/mol. The molecule has 2 aliphatic carbocycles. The highest BCUT2D eigenvalue weighted by Crippen LogP contribution is 2.37. The number of carboxylic acids is 1. The molecule has 2 aliphatic rings. The van der Waals surface area contributed by atoms with Gasteiger partial charge in [-0.15, -0.1) is 0 Å². The average Bonchev–Trinajstić information content (AvgIpc) is 3.33. The van der Waals surface area contributed by atoms with Gasteiger partial charge in [0.2, 0.25) is 0 Å². The van der Waals surface area contributed by atoms with E-state index < -0.39 is 40.8 Å². The Balaban J connectivity index is 1.94. The Kier molecular flexibility index (Phi) is 7.71. The molecule has 0 atom stereocenters. The monoisotopic (exact) mass is 497 g/mol. The molecule has 0 spiro atoms. The molecule has 4 rings (SSSR count). The van der Waals surface area contributed by atoms with Crippen LogP contribution in [0.2, 0.25) is 0 Å². The van der Waals surface area contributed by atoms with Crippen LogP contribution >= 0.6 is 0 Å². The maximum Gasteiger partial charge on any atom is 0.387 e. The van der Waals surface area contributed by atoms with E-state index in [1.165, 1.54) is 10.6 Å². The number of anilines is 1. The Morgan fingerprint density at radius 1 is 1.11 bits per heavy atom. The normalized spacial score (nSPS) is 17.4. The van der Waals surface area contributed by atoms with Crippen molar-refractivity contribution >= 4 is 22.6 Å². The minimum Gasteiger partial charge on any atom is -0.481 e. The molecular formula is C24H30F3N3O5. The van der Waals surface area contributed by atoms with Gasteiger partial charge < -0.3 is 15.2 Å². The van der Waals surface area contributed by atoms with Crippen molar-refractivity contribution in [2.45, 2.75) is 95.9 Å². The summed E-state index contributed by atoms with van der Waals surface area (Å²) < 4.78 is 49.1. The van der Waals surface area contributed by atoms with Crippen molar-refractivity contribution in [2.24, 2.45) is 0 Å². The lowest BCUT2D eigenvalue weighted by Gasteiger charge is -2.26. The van der Waals surface area contributed by atoms with Crippen LogP contribution in [0.1, 0.15) is 76.7 Å². The first kappa shape index (κ1) is 25.1. The molecule has 192 valence electrons. The van der Waals surface area contributed by atoms with Gasteiger partial charge in [0.05, 0.1) is 11.2 Å². The third kappa shape index (κ3) is 5.33. The molecule has 8 nitrogen and oxygen atoms in total. The highest BCUT2D eigenvalue weighted by Gasteiger charge is 2.29. The Morgan fingerprint density at radius 2 is 1.77 bits per heavy atom. The fourth-order valence-corrected chi connectivity index (χ4v) is 5.34. The van der Waals surface area contributed by atoms with Crippen molar-refractivity contribution < 1.29 is 27.8 Å². The molecule has 0 amide bonds. The Morgan fingerprint density at radius 3 is 2.40 bits per heavy atom. The maximum absolute atomic E-state index is 15.6. The summed E-state index contributed by atoms with van der Waals surface area (Å²) in [7, 11) is 0. The highest BCUT2D eigenvalue weighted by atomic mass is 19.3. The van der Waals surface area contributed by atoms with Crippen LogP contribution < -0.4 is 21.3 Å². The first-order valence-electron chi connectivity index (χ1n) is 12.2. The van der Waals surface area contributed by atoms with E-state index >= 15 is 4.39 Å². The first-order valence-corrected chi connectivity index (χ1v) is 12.2. The number of nitrogens with zero attached hydrogens (tertiary/aromatic N) is 2. The summed E-state index contributed by atoms with van der Waals surface area (Å²) in [4.78, 5) is 37.7. The lowest BCUT2D eigenvalue weighted by atomic mass is 9.95. The minimum atomic E-state index is -3.38. The minimum absolute atomic E-state index is 0.0184. The zero-order chi connectivity index (χ0) is 25.1. The van der Waals surface area contributed by atoms with Gasteiger partial charge in [-0.3, -0.25) is 18.7 Å². The number of carbonyl (C=O) groups is 1. The van der Waals surface area contributed by atoms with Crippen LogP contribution in [0.4, 0.5) is 18.9 Å². The standard InChI is InChI=1S/C24H30F3N3O5/c25-20-16(28-14-7-2-1-3-8-14)13-17-19(21(20)35-23(26)27)22(33)29(12-6-11-18(31)32)24(34)30(17)15-9-4-5-10-15/h13-15,23,28H,1-12H2,(H,31,32). The number of rotatable bonds is 9. The molecule has 2 aromatic rings. The Hall–Kier alpha value is -2.98. The van der Waals surface area contributed by atoms with Crippen molar-refractivity contribution in [1.82, 2.24) is 9.13 Å². The SMILES string of the molecule is O=C(O)CCCn1c(=O)c2c(OC(F)F)c(F)c(NC3CCCCC3)cc2n(C2CCCC2)c1=O. The summed E-state index contributed by atoms with van der Waals surface area (Å²) in [6.45, 7) is -3.62. The van der Waals surface area contributed by atoms with Crippen molar-refractivity contribution in [2.75, 3.05) is 5.32 Å². The van der Waals surface area contributed by atoms with Crippen LogP contribution in [0.25, 0.3) is 10.9 Å². The summed E-state index contributed by atoms with van der Waals surface area (Å²) in [6, 6.07) is 1.02. The molecule has 1 aromatic heterocycles. The fourth-order valence-electron chi connectivity index (χ4n) is 5.34. The maximum atomic E-state index is 15.6. The summed E-state index contributed by atoms with van der Waals surface area (Å²) in [5.74, 6) is -3.09. The topological polar surface area (TPSA) is 103 Å². The lowest BCUT2D eigenvalue weighted by molar-refractivity contribution is -0.137. The van der Waals surface area contributed by atoms with Gasteiger partial charge in [-0.05, 0) is 38.2 Å². The van der Waals surface area contributed by atoms with Crippen LogP contribution in [0, 0.1) is 5.82 Å². The second-order valence-corrected chi connectivity index (χ2v) is 9.36. The van der Waals surface area contributed by atoms with Crippen LogP contribution in [0.3, 0.4) is 0 Å². The van der Waals surface area contributed by atoms with Gasteiger partial charge in [0, 0.05) is 25.0 Å². The number of aromatic nitrogens is 2. The first-order chi connectivity index (χ1) is 16.8. The number of aliphatic carboxylic acids is 1. The van der Waals surface area contributed by atoms with Crippen molar-refractivity contribution in [3.63, 3.8) is 0 Å². The largest absolute Gasteiger partial charge is 0.481 e. The van der Waals surface area contributed by atoms with Gasteiger partial charge in [-0.1, -0.05) is 32.1 Å². The van der Waals surface area contributed by atoms with E-state index in [9.17, 15) is 23.2 Å². The smallest absolute Gasteiger partial charge is 0.387 e. The molecule has 0 unspecified atom stereocenters. The molecule has 1 heterocycles. The van der Waals surface area contributed by atoms with Gasteiger partial charge in [0.25, 0.3) is 5.56 Å². The molecule has 0 radical (unpaired) electrons. The van der Waals surface area contributed by atoms with E-state index in [0.29, 0.717) is 12.8 Å². The fraction of sp³-hybridized carbons (Fsp3) is 0.625. The van der Waals surface area contributed by atoms with E-state index in [-0.39, 0.29) is 42.7 Å². The van der Waals surface area contributed by atoms with Crippen LogP contribution in [0.5, 0.6) is 5.75 Å². The summed E-state index contributed by atoms with van der Waals surface area (Å²) in [6.07, 6.45) is 7.28. The van der Waals surface area contributed by atoms with Gasteiger partial charge in [0.1, 0.15) is 5.39 Å². The molecule has 1 aromatic carbocycles. The van der Waals surface area contributed by atoms with Gasteiger partial charge in [-0.25, -0.2) is 9.18 Å². The Bertz CT molecular complexity index is 1200. The molecule has 0 aliphatic heterocycles. The van der Waals surface area contributed by atoms with Crippen molar-refractivity contribution in [3.05, 3.63) is 32.7 Å². The van der Waals surface area contributed by atoms with Gasteiger partial charge >= 0.3 is 18.3 Å². The van der Waals surface area contributed by atoms with Crippen LogP contribution in [0.15, 0.2) is 15.7 Å². The number of nitrogens with one attached hydrogen (secondary N) is 1. The van der Waals surface area contributed by atoms with Crippen LogP contribution in [-0.4, -0.2) is 32.9 Å². The van der Waals surface area contributed by atoms with E-state index in [1.807, 2.05) is 0 Å². The predicted octanol–water partition coefficient (Wildman–Crippen LogP) is 4.63. The second-order valence-electron chi connectivity index (χ2n) is 9.36.